The number of hydrogen-bond donors (Lipinski definition) is 0. The Hall–Kier alpha value is -1.68. The van der Waals surface area contributed by atoms with Gasteiger partial charge in [0.1, 0.15) is 24.9 Å². The first kappa shape index (κ1) is 19.1. The number of amides is 1. The number of benzene rings is 1. The van der Waals surface area contributed by atoms with E-state index >= 15 is 0 Å². The zero-order valence-electron chi connectivity index (χ0n) is 15.0. The first-order chi connectivity index (χ1) is 12.1. The van der Waals surface area contributed by atoms with Crippen molar-refractivity contribution in [2.75, 3.05) is 19.3 Å². The molecule has 0 N–H and O–H groups in total. The van der Waals surface area contributed by atoms with Gasteiger partial charge < -0.3 is 19.1 Å². The zero-order chi connectivity index (χ0) is 18.9. The average Bonchev–Trinajstić information content (AvgIpc) is 2.86. The molecular formula is C17H23NO7S. The first-order valence-corrected chi connectivity index (χ1v) is 10.1. The Morgan fingerprint density at radius 3 is 2.58 bits per heavy atom. The summed E-state index contributed by atoms with van der Waals surface area (Å²) in [5.74, 6) is -0.877. The minimum absolute atomic E-state index is 0.0430. The van der Waals surface area contributed by atoms with E-state index in [2.05, 4.69) is 0 Å². The normalized spacial score (nSPS) is 27.8. The molecule has 3 rings (SSSR count). The molecule has 0 unspecified atom stereocenters. The third-order valence-electron chi connectivity index (χ3n) is 4.15. The van der Waals surface area contributed by atoms with Crippen molar-refractivity contribution in [1.82, 2.24) is 4.90 Å². The van der Waals surface area contributed by atoms with Crippen molar-refractivity contribution < 1.29 is 31.6 Å². The molecule has 0 aliphatic carbocycles. The fraction of sp³-hybridized carbons (Fsp3) is 0.588. The van der Waals surface area contributed by atoms with E-state index in [1.54, 1.807) is 13.8 Å². The van der Waals surface area contributed by atoms with Crippen molar-refractivity contribution in [2.24, 2.45) is 0 Å². The standard InChI is InChI=1S/C17H23NO7S/c1-17(2)23-13-9-18(10-14(15(13)24-17)25-26(3,20)21)16(19)22-11-12-7-5-4-6-8-12/h4-8,13-15H,9-11H2,1-3H3/t13-,14+,15-/m0/s1. The van der Waals surface area contributed by atoms with Crippen LogP contribution in [-0.2, 0) is 35.1 Å². The van der Waals surface area contributed by atoms with Gasteiger partial charge >= 0.3 is 6.09 Å². The van der Waals surface area contributed by atoms with E-state index in [0.717, 1.165) is 11.8 Å². The van der Waals surface area contributed by atoms with E-state index in [4.69, 9.17) is 18.4 Å². The van der Waals surface area contributed by atoms with Crippen molar-refractivity contribution in [2.45, 2.75) is 44.6 Å². The summed E-state index contributed by atoms with van der Waals surface area (Å²) in [6.45, 7) is 3.89. The quantitative estimate of drug-likeness (QED) is 0.726. The molecule has 0 aromatic heterocycles. The van der Waals surface area contributed by atoms with Crippen molar-refractivity contribution in [1.29, 1.82) is 0 Å². The second-order valence-corrected chi connectivity index (χ2v) is 8.52. The van der Waals surface area contributed by atoms with E-state index in [1.165, 1.54) is 4.90 Å². The molecule has 0 radical (unpaired) electrons. The van der Waals surface area contributed by atoms with Gasteiger partial charge in [0.2, 0.25) is 0 Å². The highest BCUT2D eigenvalue weighted by Gasteiger charge is 2.51. The monoisotopic (exact) mass is 385 g/mol. The summed E-state index contributed by atoms with van der Waals surface area (Å²) < 4.78 is 45.2. The smallest absolute Gasteiger partial charge is 0.410 e. The van der Waals surface area contributed by atoms with Gasteiger partial charge in [-0.25, -0.2) is 4.79 Å². The predicted octanol–water partition coefficient (Wildman–Crippen LogP) is 1.50. The third-order valence-corrected chi connectivity index (χ3v) is 4.75. The van der Waals surface area contributed by atoms with Crippen LogP contribution in [0.4, 0.5) is 4.79 Å². The van der Waals surface area contributed by atoms with Crippen LogP contribution in [0.25, 0.3) is 0 Å². The number of fused-ring (bicyclic) bond motifs is 1. The van der Waals surface area contributed by atoms with Crippen molar-refractivity contribution >= 4 is 16.2 Å². The molecule has 1 amide bonds. The average molecular weight is 385 g/mol. The second kappa shape index (κ2) is 7.15. The molecular weight excluding hydrogens is 362 g/mol. The largest absolute Gasteiger partial charge is 0.445 e. The minimum Gasteiger partial charge on any atom is -0.445 e. The van der Waals surface area contributed by atoms with Crippen LogP contribution < -0.4 is 0 Å². The Balaban J connectivity index is 1.69. The molecule has 0 saturated carbocycles. The zero-order valence-corrected chi connectivity index (χ0v) is 15.8. The van der Waals surface area contributed by atoms with Crippen LogP contribution in [-0.4, -0.2) is 62.9 Å². The minimum atomic E-state index is -3.72. The summed E-state index contributed by atoms with van der Waals surface area (Å²) in [5, 5.41) is 0. The van der Waals surface area contributed by atoms with Crippen molar-refractivity contribution in [3.63, 3.8) is 0 Å². The lowest BCUT2D eigenvalue weighted by Gasteiger charge is -2.37. The van der Waals surface area contributed by atoms with Gasteiger partial charge in [-0.1, -0.05) is 30.3 Å². The molecule has 1 aromatic carbocycles. The molecule has 2 saturated heterocycles. The van der Waals surface area contributed by atoms with Crippen molar-refractivity contribution in [3.8, 4) is 0 Å². The maximum absolute atomic E-state index is 12.4. The van der Waals surface area contributed by atoms with E-state index < -0.39 is 40.3 Å². The summed E-state index contributed by atoms with van der Waals surface area (Å²) in [5.41, 5.74) is 0.862. The van der Waals surface area contributed by atoms with Crippen LogP contribution in [0.3, 0.4) is 0 Å². The molecule has 3 atom stereocenters. The van der Waals surface area contributed by atoms with E-state index in [-0.39, 0.29) is 19.7 Å². The molecule has 2 fully saturated rings. The van der Waals surface area contributed by atoms with Crippen LogP contribution in [0.2, 0.25) is 0 Å². The molecule has 8 nitrogen and oxygen atoms in total. The molecule has 26 heavy (non-hydrogen) atoms. The Morgan fingerprint density at radius 2 is 1.92 bits per heavy atom. The highest BCUT2D eigenvalue weighted by Crippen LogP contribution is 2.35. The molecule has 144 valence electrons. The van der Waals surface area contributed by atoms with Gasteiger partial charge in [0.15, 0.2) is 5.79 Å². The number of hydrogen-bond acceptors (Lipinski definition) is 7. The molecule has 2 aliphatic rings. The van der Waals surface area contributed by atoms with Crippen LogP contribution >= 0.6 is 0 Å². The Morgan fingerprint density at radius 1 is 1.23 bits per heavy atom. The van der Waals surface area contributed by atoms with Crippen LogP contribution in [0.5, 0.6) is 0 Å². The van der Waals surface area contributed by atoms with Crippen molar-refractivity contribution in [3.05, 3.63) is 35.9 Å². The fourth-order valence-corrected chi connectivity index (χ4v) is 3.82. The number of likely N-dealkylation sites (tertiary alicyclic amines) is 1. The van der Waals surface area contributed by atoms with Crippen LogP contribution in [0, 0.1) is 0 Å². The SMILES string of the molecule is CC1(C)O[C@H]2[C@H](CN(C(=O)OCc3ccccc3)C[C@H]2OS(C)(=O)=O)O1. The van der Waals surface area contributed by atoms with E-state index in [0.29, 0.717) is 0 Å². The predicted molar refractivity (Wildman–Crippen MR) is 91.7 cm³/mol. The highest BCUT2D eigenvalue weighted by molar-refractivity contribution is 7.86. The van der Waals surface area contributed by atoms with Crippen LogP contribution in [0.15, 0.2) is 30.3 Å². The van der Waals surface area contributed by atoms with Gasteiger partial charge in [0.25, 0.3) is 10.1 Å². The second-order valence-electron chi connectivity index (χ2n) is 6.92. The van der Waals surface area contributed by atoms with Gasteiger partial charge in [-0.3, -0.25) is 4.18 Å². The van der Waals surface area contributed by atoms with Gasteiger partial charge in [0.05, 0.1) is 19.3 Å². The number of piperidine rings is 1. The Kier molecular flexibility index (Phi) is 5.25. The summed E-state index contributed by atoms with van der Waals surface area (Å²) >= 11 is 0. The molecule has 2 aliphatic heterocycles. The molecule has 2 heterocycles. The maximum Gasteiger partial charge on any atom is 0.410 e. The van der Waals surface area contributed by atoms with Gasteiger partial charge in [-0.15, -0.1) is 0 Å². The number of nitrogens with zero attached hydrogens (tertiary/aromatic N) is 1. The number of carbonyl (C=O) groups is 1. The fourth-order valence-electron chi connectivity index (χ4n) is 3.20. The van der Waals surface area contributed by atoms with Gasteiger partial charge in [-0.05, 0) is 19.4 Å². The van der Waals surface area contributed by atoms with Gasteiger partial charge in [0, 0.05) is 0 Å². The summed E-state index contributed by atoms with van der Waals surface area (Å²) in [6, 6.07) is 9.30. The number of carbonyl (C=O) groups excluding carboxylic acids is 1. The first-order valence-electron chi connectivity index (χ1n) is 8.32. The lowest BCUT2D eigenvalue weighted by Crippen LogP contribution is -2.57. The lowest BCUT2D eigenvalue weighted by molar-refractivity contribution is -0.150. The summed E-state index contributed by atoms with van der Waals surface area (Å²) in [4.78, 5) is 13.8. The van der Waals surface area contributed by atoms with E-state index in [1.807, 2.05) is 30.3 Å². The summed E-state index contributed by atoms with van der Waals surface area (Å²) in [7, 11) is -3.72. The number of ether oxygens (including phenoxy) is 3. The molecule has 9 heteroatoms. The highest BCUT2D eigenvalue weighted by atomic mass is 32.2. The number of rotatable bonds is 4. The molecule has 0 spiro atoms. The maximum atomic E-state index is 12.4. The molecule has 0 bridgehead atoms. The summed E-state index contributed by atoms with van der Waals surface area (Å²) in [6.07, 6.45) is -1.50. The lowest BCUT2D eigenvalue weighted by atomic mass is 10.0. The Labute approximate surface area is 153 Å². The topological polar surface area (TPSA) is 91.4 Å². The third kappa shape index (κ3) is 4.73. The Bertz CT molecular complexity index is 750. The van der Waals surface area contributed by atoms with Crippen LogP contribution in [0.1, 0.15) is 19.4 Å². The molecule has 1 aromatic rings. The van der Waals surface area contributed by atoms with Gasteiger partial charge in [-0.2, -0.15) is 8.42 Å². The van der Waals surface area contributed by atoms with E-state index in [9.17, 15) is 13.2 Å².